The lowest BCUT2D eigenvalue weighted by atomic mass is 9.98. The zero-order valence-electron chi connectivity index (χ0n) is 14.2. The average molecular weight is 328 g/mol. The van der Waals surface area contributed by atoms with Crippen LogP contribution in [0.3, 0.4) is 0 Å². The van der Waals surface area contributed by atoms with Crippen LogP contribution < -0.4 is 0 Å². The molecule has 2 aromatic carbocycles. The third kappa shape index (κ3) is 4.01. The van der Waals surface area contributed by atoms with Crippen molar-refractivity contribution in [3.05, 3.63) is 59.9 Å². The van der Waals surface area contributed by atoms with Crippen molar-refractivity contribution in [1.82, 2.24) is 9.80 Å². The van der Waals surface area contributed by atoms with Gasteiger partial charge in [-0.1, -0.05) is 36.4 Å². The third-order valence-electron chi connectivity index (χ3n) is 4.89. The van der Waals surface area contributed by atoms with Crippen molar-refractivity contribution in [2.24, 2.45) is 0 Å². The fourth-order valence-electron chi connectivity index (χ4n) is 3.42. The second-order valence-corrected chi connectivity index (χ2v) is 6.55. The number of halogens is 1. The molecular formula is C20H25FN2O. The van der Waals surface area contributed by atoms with Crippen LogP contribution in [0.15, 0.2) is 48.5 Å². The van der Waals surface area contributed by atoms with Crippen molar-refractivity contribution in [3.63, 3.8) is 0 Å². The summed E-state index contributed by atoms with van der Waals surface area (Å²) in [5.74, 6) is -0.206. The molecule has 0 radical (unpaired) electrons. The Morgan fingerprint density at radius 3 is 2.58 bits per heavy atom. The number of aliphatic hydroxyl groups excluding tert-OH is 1. The number of likely N-dealkylation sites (N-methyl/N-ethyl adjacent to an activating group) is 1. The molecule has 1 atom stereocenters. The van der Waals surface area contributed by atoms with E-state index in [1.165, 1.54) is 17.7 Å². The molecule has 128 valence electrons. The van der Waals surface area contributed by atoms with Gasteiger partial charge in [0.2, 0.25) is 0 Å². The number of hydrogen-bond donors (Lipinski definition) is 1. The molecule has 1 fully saturated rings. The van der Waals surface area contributed by atoms with E-state index in [1.807, 2.05) is 18.2 Å². The molecule has 1 unspecified atom stereocenters. The summed E-state index contributed by atoms with van der Waals surface area (Å²) in [4.78, 5) is 4.78. The Morgan fingerprint density at radius 2 is 1.83 bits per heavy atom. The van der Waals surface area contributed by atoms with Crippen LogP contribution in [-0.2, 0) is 6.54 Å². The maximum absolute atomic E-state index is 13.2. The summed E-state index contributed by atoms with van der Waals surface area (Å²) in [7, 11) is 2.13. The normalized spacial score (nSPS) is 19.5. The lowest BCUT2D eigenvalue weighted by Gasteiger charge is -2.39. The van der Waals surface area contributed by atoms with Gasteiger partial charge in [0.25, 0.3) is 0 Å². The van der Waals surface area contributed by atoms with Gasteiger partial charge in [-0.05, 0) is 42.3 Å². The van der Waals surface area contributed by atoms with E-state index in [2.05, 4.69) is 35.0 Å². The predicted octanol–water partition coefficient (Wildman–Crippen LogP) is 2.99. The Bertz CT molecular complexity index is 659. The summed E-state index contributed by atoms with van der Waals surface area (Å²) < 4.78 is 13.2. The smallest absolute Gasteiger partial charge is 0.123 e. The Kier molecular flexibility index (Phi) is 5.61. The molecule has 3 rings (SSSR count). The van der Waals surface area contributed by atoms with Gasteiger partial charge in [0, 0.05) is 38.8 Å². The van der Waals surface area contributed by atoms with E-state index in [0.717, 1.165) is 43.7 Å². The van der Waals surface area contributed by atoms with E-state index in [1.54, 1.807) is 0 Å². The van der Waals surface area contributed by atoms with Gasteiger partial charge in [-0.15, -0.1) is 0 Å². The molecular weight excluding hydrogens is 303 g/mol. The first-order valence-electron chi connectivity index (χ1n) is 8.54. The van der Waals surface area contributed by atoms with Crippen molar-refractivity contribution < 1.29 is 9.50 Å². The molecule has 1 aliphatic rings. The van der Waals surface area contributed by atoms with Gasteiger partial charge in [0.15, 0.2) is 0 Å². The van der Waals surface area contributed by atoms with Crippen molar-refractivity contribution in [2.75, 3.05) is 33.3 Å². The van der Waals surface area contributed by atoms with Crippen LogP contribution >= 0.6 is 0 Å². The molecule has 0 spiro atoms. The summed E-state index contributed by atoms with van der Waals surface area (Å²) in [6.45, 7) is 4.12. The van der Waals surface area contributed by atoms with Gasteiger partial charge < -0.3 is 10.0 Å². The minimum Gasteiger partial charge on any atom is -0.396 e. The van der Waals surface area contributed by atoms with E-state index in [-0.39, 0.29) is 12.4 Å². The Morgan fingerprint density at radius 1 is 1.08 bits per heavy atom. The maximum atomic E-state index is 13.2. The number of nitrogens with zero attached hydrogens (tertiary/aromatic N) is 2. The summed E-state index contributed by atoms with van der Waals surface area (Å²) in [6, 6.07) is 15.5. The van der Waals surface area contributed by atoms with Crippen molar-refractivity contribution in [1.29, 1.82) is 0 Å². The lowest BCUT2D eigenvalue weighted by Crippen LogP contribution is -2.51. The van der Waals surface area contributed by atoms with Crippen LogP contribution in [0.25, 0.3) is 11.1 Å². The number of hydrogen-bond acceptors (Lipinski definition) is 3. The first-order chi connectivity index (χ1) is 11.7. The predicted molar refractivity (Wildman–Crippen MR) is 95.2 cm³/mol. The minimum atomic E-state index is -0.206. The van der Waals surface area contributed by atoms with Crippen LogP contribution in [-0.4, -0.2) is 54.2 Å². The zero-order chi connectivity index (χ0) is 16.9. The highest BCUT2D eigenvalue weighted by Crippen LogP contribution is 2.26. The molecule has 4 heteroatoms. The number of rotatable bonds is 5. The number of aliphatic hydroxyl groups is 1. The molecule has 2 aromatic rings. The molecule has 1 N–H and O–H groups in total. The SMILES string of the molecule is CN1CCN(Cc2ccccc2-c2ccc(F)cc2)CC1CCO. The molecule has 1 saturated heterocycles. The number of piperazine rings is 1. The van der Waals surface area contributed by atoms with Crippen molar-refractivity contribution in [3.8, 4) is 11.1 Å². The summed E-state index contributed by atoms with van der Waals surface area (Å²) >= 11 is 0. The van der Waals surface area contributed by atoms with Gasteiger partial charge in [-0.25, -0.2) is 4.39 Å². The maximum Gasteiger partial charge on any atom is 0.123 e. The quantitative estimate of drug-likeness (QED) is 0.914. The lowest BCUT2D eigenvalue weighted by molar-refractivity contribution is 0.0744. The Labute approximate surface area is 143 Å². The first-order valence-corrected chi connectivity index (χ1v) is 8.54. The van der Waals surface area contributed by atoms with Gasteiger partial charge in [-0.3, -0.25) is 4.90 Å². The zero-order valence-corrected chi connectivity index (χ0v) is 14.2. The van der Waals surface area contributed by atoms with E-state index in [0.29, 0.717) is 6.04 Å². The topological polar surface area (TPSA) is 26.7 Å². The van der Waals surface area contributed by atoms with E-state index in [9.17, 15) is 9.50 Å². The fraction of sp³-hybridized carbons (Fsp3) is 0.400. The molecule has 0 aliphatic carbocycles. The van der Waals surface area contributed by atoms with Crippen LogP contribution in [0.5, 0.6) is 0 Å². The molecule has 1 heterocycles. The highest BCUT2D eigenvalue weighted by Gasteiger charge is 2.24. The molecule has 0 bridgehead atoms. The van der Waals surface area contributed by atoms with Crippen molar-refractivity contribution in [2.45, 2.75) is 19.0 Å². The molecule has 3 nitrogen and oxygen atoms in total. The molecule has 0 saturated carbocycles. The average Bonchev–Trinajstić information content (AvgIpc) is 2.59. The van der Waals surface area contributed by atoms with Gasteiger partial charge in [0.1, 0.15) is 5.82 Å². The Balaban J connectivity index is 1.77. The fourth-order valence-corrected chi connectivity index (χ4v) is 3.42. The summed E-state index contributed by atoms with van der Waals surface area (Å²) in [5.41, 5.74) is 3.47. The summed E-state index contributed by atoms with van der Waals surface area (Å²) in [5, 5.41) is 9.25. The van der Waals surface area contributed by atoms with Gasteiger partial charge >= 0.3 is 0 Å². The monoisotopic (exact) mass is 328 g/mol. The number of benzene rings is 2. The van der Waals surface area contributed by atoms with Crippen LogP contribution in [0.4, 0.5) is 4.39 Å². The largest absolute Gasteiger partial charge is 0.396 e. The van der Waals surface area contributed by atoms with Crippen LogP contribution in [0, 0.1) is 5.82 Å². The molecule has 0 amide bonds. The molecule has 1 aliphatic heterocycles. The van der Waals surface area contributed by atoms with E-state index in [4.69, 9.17) is 0 Å². The van der Waals surface area contributed by atoms with Gasteiger partial charge in [-0.2, -0.15) is 0 Å². The third-order valence-corrected chi connectivity index (χ3v) is 4.89. The second kappa shape index (κ2) is 7.88. The van der Waals surface area contributed by atoms with Crippen molar-refractivity contribution >= 4 is 0 Å². The van der Waals surface area contributed by atoms with E-state index >= 15 is 0 Å². The molecule has 24 heavy (non-hydrogen) atoms. The Hall–Kier alpha value is -1.75. The van der Waals surface area contributed by atoms with E-state index < -0.39 is 0 Å². The molecule has 0 aromatic heterocycles. The van der Waals surface area contributed by atoms with Crippen LogP contribution in [0.2, 0.25) is 0 Å². The highest BCUT2D eigenvalue weighted by molar-refractivity contribution is 5.67. The first kappa shape index (κ1) is 17.1. The second-order valence-electron chi connectivity index (χ2n) is 6.55. The van der Waals surface area contributed by atoms with Crippen LogP contribution in [0.1, 0.15) is 12.0 Å². The summed E-state index contributed by atoms with van der Waals surface area (Å²) in [6.07, 6.45) is 0.812. The minimum absolute atomic E-state index is 0.206. The highest BCUT2D eigenvalue weighted by atomic mass is 19.1. The van der Waals surface area contributed by atoms with Gasteiger partial charge in [0.05, 0.1) is 0 Å². The standard InChI is InChI=1S/C20H25FN2O/c1-22-11-12-23(15-19(22)10-13-24)14-17-4-2-3-5-20(17)16-6-8-18(21)9-7-16/h2-9,19,24H,10-15H2,1H3.